The minimum atomic E-state index is -1.14. The van der Waals surface area contributed by atoms with Crippen LogP contribution >= 0.6 is 11.3 Å². The van der Waals surface area contributed by atoms with Crippen LogP contribution in [-0.4, -0.2) is 20.4 Å². The number of thiazole rings is 1. The molecule has 1 atom stereocenters. The van der Waals surface area contributed by atoms with Crippen LogP contribution in [0.5, 0.6) is 0 Å². The third kappa shape index (κ3) is 5.19. The Labute approximate surface area is 261 Å². The number of aromatic nitrogens is 3. The smallest absolute Gasteiger partial charge is 0.232 e. The van der Waals surface area contributed by atoms with Gasteiger partial charge in [-0.2, -0.15) is 0 Å². The second-order valence-electron chi connectivity index (χ2n) is 11.7. The molecular weight excluding hydrogens is 567 g/mol. The average Bonchev–Trinajstić information content (AvgIpc) is 3.74. The van der Waals surface area contributed by atoms with E-state index in [-0.39, 0.29) is 18.4 Å². The van der Waals surface area contributed by atoms with E-state index in [9.17, 15) is 9.18 Å². The van der Waals surface area contributed by atoms with Crippen molar-refractivity contribution in [2.45, 2.75) is 56.8 Å². The molecule has 5 aromatic rings. The summed E-state index contributed by atoms with van der Waals surface area (Å²) in [7, 11) is 0. The van der Waals surface area contributed by atoms with Crippen molar-refractivity contribution in [2.24, 2.45) is 5.92 Å². The van der Waals surface area contributed by atoms with E-state index in [2.05, 4.69) is 83.6 Å². The molecular formula is C37H35FN4OS. The Balaban J connectivity index is 1.33. The molecule has 0 aliphatic heterocycles. The van der Waals surface area contributed by atoms with E-state index >= 15 is 0 Å². The van der Waals surface area contributed by atoms with Crippen LogP contribution in [0.1, 0.15) is 77.7 Å². The van der Waals surface area contributed by atoms with Crippen molar-refractivity contribution < 1.29 is 9.18 Å². The Bertz CT molecular complexity index is 1650. The Kier molecular flexibility index (Phi) is 7.96. The molecule has 1 saturated carbocycles. The van der Waals surface area contributed by atoms with Crippen molar-refractivity contribution in [3.63, 3.8) is 0 Å². The number of nitrogens with zero attached hydrogens (tertiary/aromatic N) is 4. The summed E-state index contributed by atoms with van der Waals surface area (Å²) in [6, 6.07) is 31.4. The minimum Gasteiger partial charge on any atom is -0.319 e. The highest BCUT2D eigenvalue weighted by Crippen LogP contribution is 2.42. The first-order chi connectivity index (χ1) is 21.6. The van der Waals surface area contributed by atoms with E-state index in [1.165, 1.54) is 11.3 Å². The standard InChI is InChI=1S/C37H35FN4OS/c38-32-22-13-23-33-34(32)40-36(44-33)42(35(43)27-14-5-1-6-15-27)25-31-24-41(26-39-31)37(28-16-7-2-8-17-28,29-18-9-3-10-19-29)30-20-11-4-12-21-30/h2-4,7-13,16-21,23-24,26-27,32H,1,5-6,14-15,22,25H2. The van der Waals surface area contributed by atoms with Crippen molar-refractivity contribution in [2.75, 3.05) is 4.90 Å². The molecule has 7 heteroatoms. The topological polar surface area (TPSA) is 51.0 Å². The van der Waals surface area contributed by atoms with Gasteiger partial charge < -0.3 is 4.57 Å². The molecule has 3 aromatic carbocycles. The molecule has 2 aromatic heterocycles. The van der Waals surface area contributed by atoms with Gasteiger partial charge in [0.2, 0.25) is 5.91 Å². The Hall–Kier alpha value is -4.36. The first kappa shape index (κ1) is 28.4. The lowest BCUT2D eigenvalue weighted by molar-refractivity contribution is -0.123. The van der Waals surface area contributed by atoms with Gasteiger partial charge in [-0.25, -0.2) is 14.4 Å². The van der Waals surface area contributed by atoms with E-state index in [4.69, 9.17) is 9.97 Å². The van der Waals surface area contributed by atoms with Gasteiger partial charge in [0.25, 0.3) is 0 Å². The molecule has 1 amide bonds. The van der Waals surface area contributed by atoms with Gasteiger partial charge in [0.15, 0.2) is 5.13 Å². The van der Waals surface area contributed by atoms with Crippen LogP contribution in [-0.2, 0) is 16.9 Å². The number of benzene rings is 3. The molecule has 5 nitrogen and oxygen atoms in total. The van der Waals surface area contributed by atoms with Gasteiger partial charge >= 0.3 is 0 Å². The summed E-state index contributed by atoms with van der Waals surface area (Å²) in [5.41, 5.74) is 3.80. The van der Waals surface area contributed by atoms with Gasteiger partial charge in [-0.1, -0.05) is 128 Å². The lowest BCUT2D eigenvalue weighted by atomic mass is 9.77. The van der Waals surface area contributed by atoms with E-state index in [0.29, 0.717) is 17.2 Å². The fourth-order valence-electron chi connectivity index (χ4n) is 6.78. The first-order valence-electron chi connectivity index (χ1n) is 15.5. The maximum absolute atomic E-state index is 14.8. The van der Waals surface area contributed by atoms with Crippen molar-refractivity contribution in [3.8, 4) is 0 Å². The fourth-order valence-corrected chi connectivity index (χ4v) is 7.83. The van der Waals surface area contributed by atoms with E-state index in [1.807, 2.05) is 36.7 Å². The summed E-state index contributed by atoms with van der Waals surface area (Å²) in [6.07, 6.45) is 11.9. The summed E-state index contributed by atoms with van der Waals surface area (Å²) >= 11 is 1.39. The number of imidazole rings is 1. The highest BCUT2D eigenvalue weighted by Gasteiger charge is 2.39. The molecule has 0 spiro atoms. The SMILES string of the molecule is O=C(C1CCCCC1)N(Cc1cn(C(c2ccccc2)(c2ccccc2)c2ccccc2)cn1)c1nc2c(s1)C=CCC2F. The molecule has 0 bridgehead atoms. The van der Waals surface area contributed by atoms with Gasteiger partial charge in [0.1, 0.15) is 11.7 Å². The van der Waals surface area contributed by atoms with Crippen molar-refractivity contribution in [1.82, 2.24) is 14.5 Å². The predicted octanol–water partition coefficient (Wildman–Crippen LogP) is 8.72. The number of halogens is 1. The number of carbonyl (C=O) groups excluding carboxylic acids is 1. The van der Waals surface area contributed by atoms with Gasteiger partial charge in [-0.15, -0.1) is 0 Å². The van der Waals surface area contributed by atoms with Crippen molar-refractivity contribution >= 4 is 28.5 Å². The summed E-state index contributed by atoms with van der Waals surface area (Å²) in [6.45, 7) is 0.268. The number of allylic oxidation sites excluding steroid dienone is 1. The summed E-state index contributed by atoms with van der Waals surface area (Å²) in [5.74, 6) is 0.00528. The molecule has 2 aliphatic carbocycles. The van der Waals surface area contributed by atoms with E-state index < -0.39 is 11.7 Å². The zero-order valence-corrected chi connectivity index (χ0v) is 25.4. The monoisotopic (exact) mass is 602 g/mol. The number of rotatable bonds is 8. The van der Waals surface area contributed by atoms with Crippen LogP contribution in [0.2, 0.25) is 0 Å². The number of carbonyl (C=O) groups is 1. The summed E-state index contributed by atoms with van der Waals surface area (Å²) in [5, 5.41) is 0.551. The lowest BCUT2D eigenvalue weighted by Crippen LogP contribution is -2.37. The Morgan fingerprint density at radius 1 is 0.886 bits per heavy atom. The normalized spacial score (nSPS) is 16.9. The van der Waals surface area contributed by atoms with Crippen LogP contribution in [0, 0.1) is 5.92 Å². The second-order valence-corrected chi connectivity index (χ2v) is 12.7. The summed E-state index contributed by atoms with van der Waals surface area (Å²) < 4.78 is 17.0. The Morgan fingerprint density at radius 2 is 1.48 bits per heavy atom. The van der Waals surface area contributed by atoms with Crippen LogP contribution in [0.15, 0.2) is 110 Å². The molecule has 44 heavy (non-hydrogen) atoms. The van der Waals surface area contributed by atoms with Gasteiger partial charge in [0.05, 0.1) is 29.1 Å². The van der Waals surface area contributed by atoms with Gasteiger partial charge in [-0.05, 0) is 35.6 Å². The number of hydrogen-bond donors (Lipinski definition) is 0. The van der Waals surface area contributed by atoms with Crippen molar-refractivity contribution in [1.29, 1.82) is 0 Å². The third-order valence-corrected chi connectivity index (χ3v) is 10.0. The van der Waals surface area contributed by atoms with E-state index in [1.54, 1.807) is 4.90 Å². The zero-order chi connectivity index (χ0) is 29.9. The van der Waals surface area contributed by atoms with Crippen LogP contribution < -0.4 is 4.90 Å². The van der Waals surface area contributed by atoms with Gasteiger partial charge in [-0.3, -0.25) is 9.69 Å². The molecule has 0 N–H and O–H groups in total. The number of hydrogen-bond acceptors (Lipinski definition) is 4. The fraction of sp³-hybridized carbons (Fsp3) is 0.270. The number of alkyl halides is 1. The molecule has 7 rings (SSSR count). The highest BCUT2D eigenvalue weighted by molar-refractivity contribution is 7.16. The molecule has 1 unspecified atom stereocenters. The minimum absolute atomic E-state index is 0.0551. The molecule has 0 radical (unpaired) electrons. The molecule has 222 valence electrons. The van der Waals surface area contributed by atoms with Gasteiger partial charge in [0, 0.05) is 18.5 Å². The third-order valence-electron chi connectivity index (χ3n) is 8.95. The Morgan fingerprint density at radius 3 is 2.05 bits per heavy atom. The average molecular weight is 603 g/mol. The molecule has 2 aliphatic rings. The maximum Gasteiger partial charge on any atom is 0.232 e. The highest BCUT2D eigenvalue weighted by atomic mass is 32.1. The molecule has 1 fully saturated rings. The quantitative estimate of drug-likeness (QED) is 0.167. The maximum atomic E-state index is 14.8. The number of amides is 1. The van der Waals surface area contributed by atoms with Crippen LogP contribution in [0.25, 0.3) is 6.08 Å². The summed E-state index contributed by atoms with van der Waals surface area (Å²) in [4.78, 5) is 26.3. The largest absolute Gasteiger partial charge is 0.319 e. The van der Waals surface area contributed by atoms with Crippen molar-refractivity contribution in [3.05, 3.63) is 143 Å². The molecule has 2 heterocycles. The number of anilines is 1. The predicted molar refractivity (Wildman–Crippen MR) is 174 cm³/mol. The lowest BCUT2D eigenvalue weighted by Gasteiger charge is -2.37. The molecule has 0 saturated heterocycles. The number of fused-ring (bicyclic) bond motifs is 1. The van der Waals surface area contributed by atoms with Crippen LogP contribution in [0.4, 0.5) is 9.52 Å². The zero-order valence-electron chi connectivity index (χ0n) is 24.6. The first-order valence-corrected chi connectivity index (χ1v) is 16.3. The second kappa shape index (κ2) is 12.3. The van der Waals surface area contributed by atoms with E-state index in [0.717, 1.165) is 59.4 Å². The van der Waals surface area contributed by atoms with Crippen LogP contribution in [0.3, 0.4) is 0 Å².